The largest absolute Gasteiger partial charge is 0.360 e. The molecule has 6 rings (SSSR count). The minimum absolute atomic E-state index is 0.473. The van der Waals surface area contributed by atoms with E-state index in [0.717, 1.165) is 50.8 Å². The van der Waals surface area contributed by atoms with Crippen LogP contribution in [-0.4, -0.2) is 47.4 Å². The van der Waals surface area contributed by atoms with E-state index in [-0.39, 0.29) is 0 Å². The number of hydrogen-bond acceptors (Lipinski definition) is 6. The summed E-state index contributed by atoms with van der Waals surface area (Å²) in [7, 11) is -2.39. The molecule has 1 aliphatic carbocycles. The number of hydrogen-bond donors (Lipinski definition) is 3. The van der Waals surface area contributed by atoms with Crippen LogP contribution in [0.4, 0.5) is 5.95 Å². The van der Waals surface area contributed by atoms with Gasteiger partial charge in [0.05, 0.1) is 21.4 Å². The summed E-state index contributed by atoms with van der Waals surface area (Å²) in [6.07, 6.45) is 1.99. The number of fused-ring (bicyclic) bond motifs is 3. The third-order valence-corrected chi connectivity index (χ3v) is 8.66. The molecule has 0 spiro atoms. The molecule has 3 aromatic heterocycles. The number of piperidine rings is 1. The van der Waals surface area contributed by atoms with Gasteiger partial charge < -0.3 is 20.2 Å². The van der Waals surface area contributed by atoms with Crippen molar-refractivity contribution in [3.63, 3.8) is 0 Å². The Labute approximate surface area is 172 Å². The molecule has 4 heterocycles. The van der Waals surface area contributed by atoms with Gasteiger partial charge in [0.2, 0.25) is 5.95 Å². The second-order valence-electron chi connectivity index (χ2n) is 8.44. The monoisotopic (exact) mass is 423 g/mol. The average Bonchev–Trinajstić information content (AvgIpc) is 3.20. The third-order valence-electron chi connectivity index (χ3n) is 6.22. The molecule has 0 bridgehead atoms. The quantitative estimate of drug-likeness (QED) is 0.436. The molecule has 6 nitrogen and oxygen atoms in total. The van der Waals surface area contributed by atoms with Gasteiger partial charge in [-0.05, 0) is 42.7 Å². The minimum atomic E-state index is -2.39. The number of H-pyrrole nitrogens is 1. The lowest BCUT2D eigenvalue weighted by molar-refractivity contribution is 0.588. The van der Waals surface area contributed by atoms with E-state index in [0.29, 0.717) is 23.8 Å². The summed E-state index contributed by atoms with van der Waals surface area (Å²) in [5.74, 6) is 2.09. The van der Waals surface area contributed by atoms with Crippen molar-refractivity contribution in [2.24, 2.45) is 11.8 Å². The van der Waals surface area contributed by atoms with E-state index < -0.39 is 7.14 Å². The Kier molecular flexibility index (Phi) is 3.74. The topological polar surface area (TPSA) is 82.7 Å². The first-order valence-corrected chi connectivity index (χ1v) is 13.4. The van der Waals surface area contributed by atoms with Crippen molar-refractivity contribution in [1.29, 1.82) is 0 Å². The average molecular weight is 423 g/mol. The number of nitrogens with zero attached hydrogens (tertiary/aromatic N) is 2. The van der Waals surface area contributed by atoms with Crippen LogP contribution in [0.15, 0.2) is 35.8 Å². The van der Waals surface area contributed by atoms with Gasteiger partial charge in [-0.3, -0.25) is 0 Å². The summed E-state index contributed by atoms with van der Waals surface area (Å²) in [5.41, 5.74) is 3.87. The molecule has 148 valence electrons. The first-order valence-electron chi connectivity index (χ1n) is 9.89. The number of anilines is 1. The Morgan fingerprint density at radius 1 is 1.17 bits per heavy atom. The third kappa shape index (κ3) is 2.75. The van der Waals surface area contributed by atoms with Gasteiger partial charge >= 0.3 is 0 Å². The van der Waals surface area contributed by atoms with Gasteiger partial charge in [-0.1, -0.05) is 12.1 Å². The molecule has 1 aliphatic heterocycles. The zero-order chi connectivity index (χ0) is 19.8. The van der Waals surface area contributed by atoms with Gasteiger partial charge in [-0.15, -0.1) is 11.3 Å². The van der Waals surface area contributed by atoms with Crippen molar-refractivity contribution in [2.45, 2.75) is 6.04 Å². The zero-order valence-corrected chi connectivity index (χ0v) is 18.0. The van der Waals surface area contributed by atoms with E-state index >= 15 is 0 Å². The van der Waals surface area contributed by atoms with Crippen LogP contribution in [0.5, 0.6) is 0 Å². The lowest BCUT2D eigenvalue weighted by atomic mass is 10.1. The Bertz CT molecular complexity index is 1300. The molecule has 3 N–H and O–H groups in total. The zero-order valence-electron chi connectivity index (χ0n) is 16.3. The molecule has 0 radical (unpaired) electrons. The molecule has 8 heteroatoms. The summed E-state index contributed by atoms with van der Waals surface area (Å²) in [5, 5.41) is 11.0. The van der Waals surface area contributed by atoms with E-state index in [4.69, 9.17) is 9.97 Å². The summed E-state index contributed by atoms with van der Waals surface area (Å²) < 4.78 is 13.8. The highest BCUT2D eigenvalue weighted by Crippen LogP contribution is 2.44. The second kappa shape index (κ2) is 6.14. The maximum absolute atomic E-state index is 12.8. The van der Waals surface area contributed by atoms with Gasteiger partial charge in [0.25, 0.3) is 0 Å². The van der Waals surface area contributed by atoms with Crippen LogP contribution in [0, 0.1) is 11.8 Å². The molecule has 29 heavy (non-hydrogen) atoms. The molecule has 1 saturated heterocycles. The fourth-order valence-corrected chi connectivity index (χ4v) is 6.68. The Hall–Kier alpha value is -2.21. The normalized spacial score (nSPS) is 23.6. The van der Waals surface area contributed by atoms with Crippen LogP contribution >= 0.6 is 18.5 Å². The highest BCUT2D eigenvalue weighted by atomic mass is 32.1. The smallest absolute Gasteiger partial charge is 0.224 e. The summed E-state index contributed by atoms with van der Waals surface area (Å²) in [4.78, 5) is 13.1. The van der Waals surface area contributed by atoms with Crippen LogP contribution in [0.3, 0.4) is 0 Å². The van der Waals surface area contributed by atoms with Crippen LogP contribution in [0.1, 0.15) is 0 Å². The van der Waals surface area contributed by atoms with Gasteiger partial charge in [0.15, 0.2) is 0 Å². The molecule has 2 aliphatic rings. The highest BCUT2D eigenvalue weighted by Gasteiger charge is 2.53. The summed E-state index contributed by atoms with van der Waals surface area (Å²) in [6.45, 7) is 5.78. The molecule has 2 atom stereocenters. The summed E-state index contributed by atoms with van der Waals surface area (Å²) in [6, 6.07) is 8.54. The number of benzene rings is 1. The van der Waals surface area contributed by atoms with Gasteiger partial charge in [-0.2, -0.15) is 0 Å². The van der Waals surface area contributed by atoms with Crippen LogP contribution in [0.25, 0.3) is 32.4 Å². The summed E-state index contributed by atoms with van der Waals surface area (Å²) >= 11 is 1.66. The minimum Gasteiger partial charge on any atom is -0.360 e. The van der Waals surface area contributed by atoms with Gasteiger partial charge in [-0.25, -0.2) is 9.97 Å². The van der Waals surface area contributed by atoms with Crippen molar-refractivity contribution < 1.29 is 4.57 Å². The van der Waals surface area contributed by atoms with E-state index in [1.54, 1.807) is 11.3 Å². The van der Waals surface area contributed by atoms with E-state index in [1.165, 1.54) is 0 Å². The molecular weight excluding hydrogens is 401 g/mol. The first kappa shape index (κ1) is 17.6. The highest BCUT2D eigenvalue weighted by molar-refractivity contribution is 7.70. The second-order valence-corrected chi connectivity index (χ2v) is 12.5. The maximum Gasteiger partial charge on any atom is 0.224 e. The Balaban J connectivity index is 1.49. The number of thiophene rings is 1. The molecule has 1 saturated carbocycles. The van der Waals surface area contributed by atoms with E-state index in [2.05, 4.69) is 33.1 Å². The fraction of sp³-hybridized carbons (Fsp3) is 0.333. The Morgan fingerprint density at radius 2 is 2.00 bits per heavy atom. The predicted molar refractivity (Wildman–Crippen MR) is 121 cm³/mol. The molecular formula is C21H22N5OPS. The number of nitrogens with one attached hydrogen (secondary N) is 3. The molecule has 4 aromatic rings. The SMILES string of the molecule is CP(C)(=O)c1cccc2c(-c3nc(NC4C5CNCC54)nc4ccsc34)c[nH]c12. The van der Waals surface area contributed by atoms with Crippen LogP contribution < -0.4 is 15.9 Å². The van der Waals surface area contributed by atoms with Crippen molar-refractivity contribution in [2.75, 3.05) is 31.7 Å². The van der Waals surface area contributed by atoms with Crippen molar-refractivity contribution in [1.82, 2.24) is 20.3 Å². The van der Waals surface area contributed by atoms with E-state index in [1.807, 2.05) is 31.7 Å². The van der Waals surface area contributed by atoms with Crippen molar-refractivity contribution in [3.05, 3.63) is 35.8 Å². The number of aromatic amines is 1. The lowest BCUT2D eigenvalue weighted by Gasteiger charge is -2.10. The standard InChI is InChI=1S/C21H22N5OPS/c1-28(2,27)16-5-3-4-11-14(10-23-18(11)16)19-20-15(6-7-29-20)24-21(26-19)25-17-12-8-22-9-13(12)17/h3-7,10,12-13,17,22-23H,8-9H2,1-2H3,(H,24,25,26). The molecule has 1 aromatic carbocycles. The van der Waals surface area contributed by atoms with Crippen molar-refractivity contribution in [3.8, 4) is 11.3 Å². The molecule has 0 amide bonds. The first-order chi connectivity index (χ1) is 14.0. The number of aromatic nitrogens is 3. The fourth-order valence-electron chi connectivity index (χ4n) is 4.68. The van der Waals surface area contributed by atoms with Gasteiger partial charge in [0.1, 0.15) is 7.14 Å². The predicted octanol–water partition coefficient (Wildman–Crippen LogP) is 3.72. The molecule has 2 unspecified atom stereocenters. The molecule has 2 fully saturated rings. The number of rotatable bonds is 4. The Morgan fingerprint density at radius 3 is 2.79 bits per heavy atom. The van der Waals surface area contributed by atoms with Gasteiger partial charge in [0, 0.05) is 41.6 Å². The maximum atomic E-state index is 12.8. The van der Waals surface area contributed by atoms with Crippen LogP contribution in [0.2, 0.25) is 0 Å². The lowest BCUT2D eigenvalue weighted by Crippen LogP contribution is -2.22. The van der Waals surface area contributed by atoms with E-state index in [9.17, 15) is 4.57 Å². The van der Waals surface area contributed by atoms with Crippen LogP contribution in [-0.2, 0) is 4.57 Å². The number of para-hydroxylation sites is 1. The van der Waals surface area contributed by atoms with Crippen molar-refractivity contribution >= 4 is 50.9 Å².